The predicted molar refractivity (Wildman–Crippen MR) is 94.2 cm³/mol. The summed E-state index contributed by atoms with van der Waals surface area (Å²) in [5.41, 5.74) is 1.70. The summed E-state index contributed by atoms with van der Waals surface area (Å²) in [7, 11) is 0. The molecule has 1 N–H and O–H groups in total. The number of carbonyl (C=O) groups is 1. The molecular formula is C20H18F3NO3. The fourth-order valence-electron chi connectivity index (χ4n) is 2.60. The third kappa shape index (κ3) is 5.10. The minimum atomic E-state index is -4.35. The van der Waals surface area contributed by atoms with Gasteiger partial charge in [-0.25, -0.2) is 0 Å². The van der Waals surface area contributed by atoms with Crippen molar-refractivity contribution in [3.8, 4) is 0 Å². The highest BCUT2D eigenvalue weighted by Crippen LogP contribution is 2.24. The predicted octanol–water partition coefficient (Wildman–Crippen LogP) is 5.00. The minimum absolute atomic E-state index is 0.170. The maximum absolute atomic E-state index is 12.4. The van der Waals surface area contributed by atoms with E-state index in [0.717, 1.165) is 11.0 Å². The quantitative estimate of drug-likeness (QED) is 0.658. The van der Waals surface area contributed by atoms with E-state index in [1.54, 1.807) is 24.3 Å². The molecule has 4 nitrogen and oxygen atoms in total. The number of carbonyl (C=O) groups excluding carboxylic acids is 1. The van der Waals surface area contributed by atoms with Gasteiger partial charge in [0.05, 0.1) is 12.6 Å². The van der Waals surface area contributed by atoms with Gasteiger partial charge in [-0.1, -0.05) is 30.3 Å². The molecule has 0 saturated carbocycles. The lowest BCUT2D eigenvalue weighted by Crippen LogP contribution is -2.26. The summed E-state index contributed by atoms with van der Waals surface area (Å²) in [5, 5.41) is 3.80. The molecule has 2 aromatic carbocycles. The van der Waals surface area contributed by atoms with Crippen LogP contribution in [0.2, 0.25) is 0 Å². The topological polar surface area (TPSA) is 51.5 Å². The van der Waals surface area contributed by atoms with E-state index in [1.807, 2.05) is 37.3 Å². The van der Waals surface area contributed by atoms with Crippen LogP contribution in [0.25, 0.3) is 11.0 Å². The Balaban J connectivity index is 1.58. The molecule has 3 rings (SSSR count). The fraction of sp³-hybridized carbons (Fsp3) is 0.250. The number of nitrogens with one attached hydrogen (secondary N) is 1. The molecule has 7 heteroatoms. The maximum Gasteiger partial charge on any atom is 0.411 e. The van der Waals surface area contributed by atoms with Crippen LogP contribution in [0.15, 0.2) is 59.0 Å². The van der Waals surface area contributed by atoms with Gasteiger partial charge in [-0.15, -0.1) is 0 Å². The number of para-hydroxylation sites is 1. The molecule has 0 bridgehead atoms. The standard InChI is InChI=1S/C20H18F3NO3/c1-13(18-10-16-4-2-3-5-17(16)27-18)24-19(25)15-8-6-14(7-9-15)11-26-12-20(21,22)23/h2-10,13H,11-12H2,1H3,(H,24,25)/t13-/m1/s1. The van der Waals surface area contributed by atoms with Crippen molar-refractivity contribution in [1.82, 2.24) is 5.32 Å². The second kappa shape index (κ2) is 7.84. The highest BCUT2D eigenvalue weighted by molar-refractivity contribution is 5.94. The summed E-state index contributed by atoms with van der Waals surface area (Å²) in [6.45, 7) is 0.343. The molecule has 3 aromatic rings. The van der Waals surface area contributed by atoms with Crippen LogP contribution in [-0.2, 0) is 11.3 Å². The van der Waals surface area contributed by atoms with Gasteiger partial charge in [0.1, 0.15) is 18.0 Å². The van der Waals surface area contributed by atoms with Crippen molar-refractivity contribution in [3.05, 3.63) is 71.5 Å². The molecule has 142 valence electrons. The summed E-state index contributed by atoms with van der Waals surface area (Å²) in [4.78, 5) is 12.4. The maximum atomic E-state index is 12.4. The Labute approximate surface area is 153 Å². The van der Waals surface area contributed by atoms with Crippen molar-refractivity contribution >= 4 is 16.9 Å². The van der Waals surface area contributed by atoms with E-state index >= 15 is 0 Å². The number of hydrogen-bond acceptors (Lipinski definition) is 3. The number of benzene rings is 2. The summed E-state index contributed by atoms with van der Waals surface area (Å²) in [6.07, 6.45) is -4.35. The number of furan rings is 1. The molecule has 1 atom stereocenters. The van der Waals surface area contributed by atoms with Gasteiger partial charge in [-0.2, -0.15) is 13.2 Å². The molecule has 1 aromatic heterocycles. The van der Waals surface area contributed by atoms with Crippen molar-refractivity contribution in [1.29, 1.82) is 0 Å². The smallest absolute Gasteiger partial charge is 0.411 e. The molecular weight excluding hydrogens is 359 g/mol. The first-order valence-electron chi connectivity index (χ1n) is 8.34. The lowest BCUT2D eigenvalue weighted by atomic mass is 10.1. The van der Waals surface area contributed by atoms with Crippen LogP contribution >= 0.6 is 0 Å². The fourth-order valence-corrected chi connectivity index (χ4v) is 2.60. The Morgan fingerprint density at radius 1 is 1.15 bits per heavy atom. The third-order valence-electron chi connectivity index (χ3n) is 3.97. The van der Waals surface area contributed by atoms with Crippen LogP contribution in [0, 0.1) is 0 Å². The molecule has 0 aliphatic heterocycles. The minimum Gasteiger partial charge on any atom is -0.459 e. The first kappa shape index (κ1) is 19.0. The van der Waals surface area contributed by atoms with Gasteiger partial charge in [0.15, 0.2) is 0 Å². The Hall–Kier alpha value is -2.80. The zero-order valence-electron chi connectivity index (χ0n) is 14.5. The number of ether oxygens (including phenoxy) is 1. The van der Waals surface area contributed by atoms with Gasteiger partial charge >= 0.3 is 6.18 Å². The Bertz CT molecular complexity index is 883. The van der Waals surface area contributed by atoms with Crippen LogP contribution in [0.1, 0.15) is 34.6 Å². The first-order valence-corrected chi connectivity index (χ1v) is 8.34. The molecule has 0 radical (unpaired) electrons. The molecule has 0 saturated heterocycles. The number of halogens is 3. The van der Waals surface area contributed by atoms with E-state index in [2.05, 4.69) is 10.1 Å². The number of alkyl halides is 3. The van der Waals surface area contributed by atoms with Gasteiger partial charge in [-0.3, -0.25) is 4.79 Å². The SMILES string of the molecule is C[C@@H](NC(=O)c1ccc(COCC(F)(F)F)cc1)c1cc2ccccc2o1. The summed E-state index contributed by atoms with van der Waals surface area (Å²) in [6, 6.07) is 15.3. The molecule has 1 amide bonds. The number of fused-ring (bicyclic) bond motifs is 1. The van der Waals surface area contributed by atoms with Gasteiger partial charge in [0.25, 0.3) is 5.91 Å². The van der Waals surface area contributed by atoms with E-state index in [4.69, 9.17) is 4.42 Å². The third-order valence-corrected chi connectivity index (χ3v) is 3.97. The van der Waals surface area contributed by atoms with E-state index in [-0.39, 0.29) is 18.6 Å². The number of rotatable bonds is 6. The Morgan fingerprint density at radius 2 is 1.85 bits per heavy atom. The van der Waals surface area contributed by atoms with Crippen molar-refractivity contribution in [2.75, 3.05) is 6.61 Å². The van der Waals surface area contributed by atoms with Crippen molar-refractivity contribution in [2.45, 2.75) is 25.7 Å². The second-order valence-corrected chi connectivity index (χ2v) is 6.19. The molecule has 27 heavy (non-hydrogen) atoms. The summed E-state index contributed by atoms with van der Waals surface area (Å²) in [5.74, 6) is 0.340. The molecule has 0 aliphatic carbocycles. The molecule has 0 unspecified atom stereocenters. The highest BCUT2D eigenvalue weighted by Gasteiger charge is 2.27. The second-order valence-electron chi connectivity index (χ2n) is 6.19. The van der Waals surface area contributed by atoms with E-state index in [1.165, 1.54) is 0 Å². The van der Waals surface area contributed by atoms with E-state index < -0.39 is 12.8 Å². The van der Waals surface area contributed by atoms with E-state index in [9.17, 15) is 18.0 Å². The average molecular weight is 377 g/mol. The monoisotopic (exact) mass is 377 g/mol. The lowest BCUT2D eigenvalue weighted by Gasteiger charge is -2.12. The number of hydrogen-bond donors (Lipinski definition) is 1. The Kier molecular flexibility index (Phi) is 5.51. The normalized spacial score (nSPS) is 12.9. The molecule has 0 spiro atoms. The lowest BCUT2D eigenvalue weighted by molar-refractivity contribution is -0.176. The van der Waals surface area contributed by atoms with Gasteiger partial charge in [-0.05, 0) is 36.8 Å². The Morgan fingerprint density at radius 3 is 2.52 bits per heavy atom. The summed E-state index contributed by atoms with van der Waals surface area (Å²) < 4.78 is 46.5. The highest BCUT2D eigenvalue weighted by atomic mass is 19.4. The average Bonchev–Trinajstić information content (AvgIpc) is 3.05. The van der Waals surface area contributed by atoms with Crippen molar-refractivity contribution < 1.29 is 27.1 Å². The summed E-state index contributed by atoms with van der Waals surface area (Å²) >= 11 is 0. The van der Waals surface area contributed by atoms with Crippen LogP contribution in [0.5, 0.6) is 0 Å². The van der Waals surface area contributed by atoms with Crippen LogP contribution in [0.3, 0.4) is 0 Å². The zero-order chi connectivity index (χ0) is 19.4. The van der Waals surface area contributed by atoms with Gasteiger partial charge < -0.3 is 14.5 Å². The van der Waals surface area contributed by atoms with Crippen molar-refractivity contribution in [2.24, 2.45) is 0 Å². The first-order chi connectivity index (χ1) is 12.8. The van der Waals surface area contributed by atoms with Crippen LogP contribution in [-0.4, -0.2) is 18.7 Å². The van der Waals surface area contributed by atoms with Crippen molar-refractivity contribution in [3.63, 3.8) is 0 Å². The molecule has 0 fully saturated rings. The zero-order valence-corrected chi connectivity index (χ0v) is 14.5. The van der Waals surface area contributed by atoms with Gasteiger partial charge in [0.2, 0.25) is 0 Å². The molecule has 1 heterocycles. The largest absolute Gasteiger partial charge is 0.459 e. The molecule has 0 aliphatic rings. The van der Waals surface area contributed by atoms with Gasteiger partial charge in [0, 0.05) is 10.9 Å². The number of amides is 1. The van der Waals surface area contributed by atoms with Crippen LogP contribution < -0.4 is 5.32 Å². The van der Waals surface area contributed by atoms with E-state index in [0.29, 0.717) is 16.9 Å². The van der Waals surface area contributed by atoms with Crippen LogP contribution in [0.4, 0.5) is 13.2 Å².